The first kappa shape index (κ1) is 9.63. The Kier molecular flexibility index (Phi) is 2.30. The summed E-state index contributed by atoms with van der Waals surface area (Å²) in [5.74, 6) is -0.697. The quantitative estimate of drug-likeness (QED) is 0.671. The Hall–Kier alpha value is -0.920. The normalized spacial score (nSPS) is 16.4. The maximum atomic E-state index is 13.0. The number of hydrogen-bond acceptors (Lipinski definition) is 0. The molecule has 2 heteroatoms. The van der Waals surface area contributed by atoms with Gasteiger partial charge in [-0.3, -0.25) is 0 Å². The van der Waals surface area contributed by atoms with Gasteiger partial charge in [-0.2, -0.15) is 0 Å². The van der Waals surface area contributed by atoms with Gasteiger partial charge in [0, 0.05) is 0 Å². The largest absolute Gasteiger partial charge is 0.204 e. The molecule has 0 radical (unpaired) electrons. The predicted molar refractivity (Wildman–Crippen MR) is 52.4 cm³/mol. The van der Waals surface area contributed by atoms with Crippen LogP contribution in [0.2, 0.25) is 0 Å². The second kappa shape index (κ2) is 3.34. The highest BCUT2D eigenvalue weighted by Crippen LogP contribution is 2.43. The van der Waals surface area contributed by atoms with Gasteiger partial charge in [0.15, 0.2) is 11.6 Å². The van der Waals surface area contributed by atoms with Gasteiger partial charge in [0.05, 0.1) is 0 Å². The van der Waals surface area contributed by atoms with Crippen molar-refractivity contribution in [1.82, 2.24) is 0 Å². The van der Waals surface area contributed by atoms with Gasteiger partial charge in [0.25, 0.3) is 0 Å². The zero-order chi connectivity index (χ0) is 10.3. The van der Waals surface area contributed by atoms with E-state index >= 15 is 0 Å². The van der Waals surface area contributed by atoms with Crippen LogP contribution in [0.4, 0.5) is 8.78 Å². The van der Waals surface area contributed by atoms with Gasteiger partial charge < -0.3 is 0 Å². The molecule has 0 unspecified atom stereocenters. The Morgan fingerprint density at radius 2 is 1.71 bits per heavy atom. The van der Waals surface area contributed by atoms with Crippen molar-refractivity contribution >= 4 is 0 Å². The molecule has 1 aromatic carbocycles. The highest BCUT2D eigenvalue weighted by molar-refractivity contribution is 5.36. The highest BCUT2D eigenvalue weighted by Gasteiger charge is 2.28. The van der Waals surface area contributed by atoms with Crippen molar-refractivity contribution in [1.29, 1.82) is 0 Å². The monoisotopic (exact) mass is 196 g/mol. The van der Waals surface area contributed by atoms with E-state index in [1.807, 2.05) is 13.8 Å². The Labute approximate surface area is 82.9 Å². The summed E-state index contributed by atoms with van der Waals surface area (Å²) in [6.07, 6.45) is 2.23. The summed E-state index contributed by atoms with van der Waals surface area (Å²) in [7, 11) is 0. The number of halogens is 2. The van der Waals surface area contributed by atoms with Crippen LogP contribution in [0.25, 0.3) is 0 Å². The summed E-state index contributed by atoms with van der Waals surface area (Å²) >= 11 is 0. The van der Waals surface area contributed by atoms with Gasteiger partial charge in [-0.1, -0.05) is 13.8 Å². The molecule has 1 aromatic rings. The number of rotatable bonds is 2. The van der Waals surface area contributed by atoms with Crippen LogP contribution in [0, 0.1) is 11.6 Å². The molecule has 0 N–H and O–H groups in total. The summed E-state index contributed by atoms with van der Waals surface area (Å²) in [6, 6.07) is 2.73. The Morgan fingerprint density at radius 1 is 1.14 bits per heavy atom. The molecule has 0 aliphatic heterocycles. The standard InChI is InChI=1S/C12H14F2/c1-7(2)9-5-11(13)12(14)6-10(9)8-3-4-8/h5-8H,3-4H2,1-2H3. The molecule has 76 valence electrons. The first-order chi connectivity index (χ1) is 6.59. The molecule has 0 spiro atoms. The summed E-state index contributed by atoms with van der Waals surface area (Å²) in [6.45, 7) is 4.02. The van der Waals surface area contributed by atoms with Crippen LogP contribution in [0.3, 0.4) is 0 Å². The lowest BCUT2D eigenvalue weighted by Gasteiger charge is -2.12. The molecule has 2 rings (SSSR count). The summed E-state index contributed by atoms with van der Waals surface area (Å²) < 4.78 is 26.1. The molecule has 0 heterocycles. The second-order valence-corrected chi connectivity index (χ2v) is 4.32. The molecule has 1 saturated carbocycles. The fourth-order valence-corrected chi connectivity index (χ4v) is 1.83. The zero-order valence-corrected chi connectivity index (χ0v) is 8.48. The van der Waals surface area contributed by atoms with Crippen LogP contribution in [0.15, 0.2) is 12.1 Å². The maximum absolute atomic E-state index is 13.0. The van der Waals surface area contributed by atoms with Gasteiger partial charge in [-0.05, 0) is 47.9 Å². The van der Waals surface area contributed by atoms with Gasteiger partial charge in [0.2, 0.25) is 0 Å². The van der Waals surface area contributed by atoms with E-state index in [2.05, 4.69) is 0 Å². The lowest BCUT2D eigenvalue weighted by Crippen LogP contribution is -1.98. The summed E-state index contributed by atoms with van der Waals surface area (Å²) in [4.78, 5) is 0. The van der Waals surface area contributed by atoms with Crippen LogP contribution in [0.1, 0.15) is 49.7 Å². The number of benzene rings is 1. The smallest absolute Gasteiger partial charge is 0.159 e. The molecule has 0 nitrogen and oxygen atoms in total. The Morgan fingerprint density at radius 3 is 2.21 bits per heavy atom. The molecule has 0 bridgehead atoms. The lowest BCUT2D eigenvalue weighted by molar-refractivity contribution is 0.504. The predicted octanol–water partition coefficient (Wildman–Crippen LogP) is 3.97. The van der Waals surface area contributed by atoms with E-state index in [9.17, 15) is 8.78 Å². The van der Waals surface area contributed by atoms with E-state index in [4.69, 9.17) is 0 Å². The minimum Gasteiger partial charge on any atom is -0.204 e. The van der Waals surface area contributed by atoms with Crippen LogP contribution < -0.4 is 0 Å². The molecule has 1 aliphatic rings. The average molecular weight is 196 g/mol. The topological polar surface area (TPSA) is 0 Å². The second-order valence-electron chi connectivity index (χ2n) is 4.32. The van der Waals surface area contributed by atoms with Crippen molar-refractivity contribution in [3.05, 3.63) is 34.9 Å². The van der Waals surface area contributed by atoms with E-state index in [-0.39, 0.29) is 5.92 Å². The van der Waals surface area contributed by atoms with E-state index in [0.29, 0.717) is 5.92 Å². The summed E-state index contributed by atoms with van der Waals surface area (Å²) in [5, 5.41) is 0. The first-order valence-electron chi connectivity index (χ1n) is 5.08. The molecular weight excluding hydrogens is 182 g/mol. The van der Waals surface area contributed by atoms with Gasteiger partial charge in [-0.25, -0.2) is 8.78 Å². The number of hydrogen-bond donors (Lipinski definition) is 0. The fourth-order valence-electron chi connectivity index (χ4n) is 1.83. The van der Waals surface area contributed by atoms with Crippen molar-refractivity contribution in [2.24, 2.45) is 0 Å². The van der Waals surface area contributed by atoms with Crippen LogP contribution in [0.5, 0.6) is 0 Å². The van der Waals surface area contributed by atoms with Crippen molar-refractivity contribution < 1.29 is 8.78 Å². The zero-order valence-electron chi connectivity index (χ0n) is 8.48. The van der Waals surface area contributed by atoms with E-state index in [0.717, 1.165) is 24.0 Å². The molecule has 0 aromatic heterocycles. The van der Waals surface area contributed by atoms with Crippen molar-refractivity contribution in [3.63, 3.8) is 0 Å². The van der Waals surface area contributed by atoms with Crippen molar-refractivity contribution in [2.75, 3.05) is 0 Å². The molecule has 0 saturated heterocycles. The molecule has 1 fully saturated rings. The van der Waals surface area contributed by atoms with Gasteiger partial charge in [0.1, 0.15) is 0 Å². The van der Waals surface area contributed by atoms with Crippen LogP contribution in [-0.2, 0) is 0 Å². The average Bonchev–Trinajstić information content (AvgIpc) is 2.91. The molecule has 1 aliphatic carbocycles. The third-order valence-electron chi connectivity index (χ3n) is 2.77. The highest BCUT2D eigenvalue weighted by atomic mass is 19.2. The van der Waals surface area contributed by atoms with Crippen LogP contribution in [-0.4, -0.2) is 0 Å². The third-order valence-corrected chi connectivity index (χ3v) is 2.77. The lowest BCUT2D eigenvalue weighted by atomic mass is 9.94. The minimum atomic E-state index is -0.724. The van der Waals surface area contributed by atoms with Gasteiger partial charge >= 0.3 is 0 Å². The Balaban J connectivity index is 2.49. The minimum absolute atomic E-state index is 0.265. The van der Waals surface area contributed by atoms with E-state index in [1.54, 1.807) is 0 Å². The fraction of sp³-hybridized carbons (Fsp3) is 0.500. The third kappa shape index (κ3) is 1.66. The van der Waals surface area contributed by atoms with Crippen molar-refractivity contribution in [3.8, 4) is 0 Å². The Bertz CT molecular complexity index is 325. The molecule has 0 atom stereocenters. The SMILES string of the molecule is CC(C)c1cc(F)c(F)cc1C1CC1. The van der Waals surface area contributed by atoms with E-state index < -0.39 is 11.6 Å². The van der Waals surface area contributed by atoms with Gasteiger partial charge in [-0.15, -0.1) is 0 Å². The maximum Gasteiger partial charge on any atom is 0.159 e. The molecular formula is C12H14F2. The van der Waals surface area contributed by atoms with E-state index in [1.165, 1.54) is 12.1 Å². The first-order valence-corrected chi connectivity index (χ1v) is 5.08. The van der Waals surface area contributed by atoms with Crippen molar-refractivity contribution in [2.45, 2.75) is 38.5 Å². The summed E-state index contributed by atoms with van der Waals surface area (Å²) in [5.41, 5.74) is 1.98. The molecule has 0 amide bonds. The molecule has 14 heavy (non-hydrogen) atoms. The van der Waals surface area contributed by atoms with Crippen LogP contribution >= 0.6 is 0 Å².